The van der Waals surface area contributed by atoms with Gasteiger partial charge in [-0.05, 0) is 11.8 Å². The van der Waals surface area contributed by atoms with E-state index in [2.05, 4.69) is 0 Å². The maximum absolute atomic E-state index is 11.8. The van der Waals surface area contributed by atoms with Crippen molar-refractivity contribution in [3.05, 3.63) is 0 Å². The molecule has 1 atom stereocenters. The first kappa shape index (κ1) is 15.6. The second-order valence-corrected chi connectivity index (χ2v) is 7.44. The fourth-order valence-electron chi connectivity index (χ4n) is 1.61. The maximum Gasteiger partial charge on any atom is 0.162 e. The summed E-state index contributed by atoms with van der Waals surface area (Å²) in [6, 6.07) is 0. The molecule has 0 radical (unpaired) electrons. The quantitative estimate of drug-likeness (QED) is 0.715. The molecule has 0 bridgehead atoms. The van der Waals surface area contributed by atoms with E-state index in [1.54, 1.807) is 0 Å². The summed E-state index contributed by atoms with van der Waals surface area (Å²) >= 11 is 0. The van der Waals surface area contributed by atoms with E-state index in [9.17, 15) is 13.2 Å². The Bertz CT molecular complexity index is 324. The number of hydrogen-bond donors (Lipinski definition) is 0. The Morgan fingerprint density at radius 2 is 1.81 bits per heavy atom. The van der Waals surface area contributed by atoms with Crippen LogP contribution in [-0.4, -0.2) is 39.4 Å². The van der Waals surface area contributed by atoms with Crippen LogP contribution in [0.1, 0.15) is 33.6 Å². The molecule has 1 unspecified atom stereocenters. The topological polar surface area (TPSA) is 60.4 Å². The van der Waals surface area contributed by atoms with Crippen LogP contribution in [0.15, 0.2) is 0 Å². The Kier molecular flexibility index (Phi) is 5.62. The van der Waals surface area contributed by atoms with Gasteiger partial charge in [-0.1, -0.05) is 20.8 Å². The van der Waals surface area contributed by atoms with Crippen molar-refractivity contribution in [2.45, 2.75) is 39.7 Å². The summed E-state index contributed by atoms with van der Waals surface area (Å²) in [6.07, 6.45) is 1.33. The van der Waals surface area contributed by atoms with Crippen molar-refractivity contribution in [3.8, 4) is 0 Å². The van der Waals surface area contributed by atoms with Gasteiger partial charge < -0.3 is 4.74 Å². The van der Waals surface area contributed by atoms with Gasteiger partial charge in [0.25, 0.3) is 0 Å². The molecule has 0 aliphatic rings. The zero-order valence-corrected chi connectivity index (χ0v) is 11.6. The highest BCUT2D eigenvalue weighted by molar-refractivity contribution is 7.90. The lowest BCUT2D eigenvalue weighted by atomic mass is 9.85. The number of ketones is 1. The van der Waals surface area contributed by atoms with Gasteiger partial charge in [0.15, 0.2) is 5.78 Å². The molecule has 0 aromatic heterocycles. The number of hydrogen-bond acceptors (Lipinski definition) is 4. The molecule has 4 nitrogen and oxygen atoms in total. The van der Waals surface area contributed by atoms with Gasteiger partial charge in [-0.2, -0.15) is 0 Å². The minimum atomic E-state index is -2.98. The van der Waals surface area contributed by atoms with Crippen molar-refractivity contribution in [3.63, 3.8) is 0 Å². The van der Waals surface area contributed by atoms with Crippen LogP contribution < -0.4 is 0 Å². The summed E-state index contributed by atoms with van der Waals surface area (Å²) in [5, 5.41) is 0. The number of ether oxygens (including phenoxy) is 1. The number of Topliss-reactive ketones (excluding diaryl/α,β-unsaturated/α-hetero) is 1. The van der Waals surface area contributed by atoms with Crippen molar-refractivity contribution >= 4 is 15.6 Å². The van der Waals surface area contributed by atoms with Crippen LogP contribution in [0.2, 0.25) is 0 Å². The molecule has 5 heteroatoms. The third-order valence-corrected chi connectivity index (χ3v) is 3.28. The highest BCUT2D eigenvalue weighted by atomic mass is 32.2. The van der Waals surface area contributed by atoms with Crippen LogP contribution in [0.5, 0.6) is 0 Å². The normalized spacial score (nSPS) is 14.8. The van der Waals surface area contributed by atoms with Gasteiger partial charge in [-0.25, -0.2) is 8.42 Å². The first-order chi connectivity index (χ1) is 7.08. The van der Waals surface area contributed by atoms with E-state index in [0.717, 1.165) is 0 Å². The van der Waals surface area contributed by atoms with E-state index >= 15 is 0 Å². The fraction of sp³-hybridized carbons (Fsp3) is 0.909. The van der Waals surface area contributed by atoms with Gasteiger partial charge in [-0.3, -0.25) is 4.79 Å². The van der Waals surface area contributed by atoms with Crippen LogP contribution >= 0.6 is 0 Å². The highest BCUT2D eigenvalue weighted by Crippen LogP contribution is 2.23. The monoisotopic (exact) mass is 250 g/mol. The molecule has 0 aliphatic carbocycles. The number of methoxy groups -OCH3 is 1. The Hall–Kier alpha value is -0.420. The Morgan fingerprint density at radius 3 is 2.12 bits per heavy atom. The molecule has 0 N–H and O–H groups in total. The van der Waals surface area contributed by atoms with Crippen LogP contribution in [0.3, 0.4) is 0 Å². The van der Waals surface area contributed by atoms with Gasteiger partial charge in [0.05, 0.1) is 5.75 Å². The average Bonchev–Trinajstić information content (AvgIpc) is 1.99. The van der Waals surface area contributed by atoms with Crippen molar-refractivity contribution in [2.75, 3.05) is 19.1 Å². The van der Waals surface area contributed by atoms with Gasteiger partial charge in [0.2, 0.25) is 0 Å². The third kappa shape index (κ3) is 6.23. The SMILES string of the molecule is COC(C(=O)CCCS(C)(=O)=O)C(C)(C)C. The van der Waals surface area contributed by atoms with Gasteiger partial charge >= 0.3 is 0 Å². The van der Waals surface area contributed by atoms with Crippen molar-refractivity contribution in [1.29, 1.82) is 0 Å². The predicted octanol–water partition coefficient (Wildman–Crippen LogP) is 1.44. The van der Waals surface area contributed by atoms with Crippen LogP contribution in [0, 0.1) is 5.41 Å². The van der Waals surface area contributed by atoms with E-state index in [-0.39, 0.29) is 23.4 Å². The second-order valence-electron chi connectivity index (χ2n) is 5.18. The largest absolute Gasteiger partial charge is 0.373 e. The molecule has 0 aromatic carbocycles. The zero-order chi connectivity index (χ0) is 13.0. The molecule has 0 saturated carbocycles. The second kappa shape index (κ2) is 5.77. The van der Waals surface area contributed by atoms with Crippen molar-refractivity contribution < 1.29 is 17.9 Å². The third-order valence-electron chi connectivity index (χ3n) is 2.25. The Labute approximate surface area is 98.3 Å². The van der Waals surface area contributed by atoms with Crippen LogP contribution in [0.25, 0.3) is 0 Å². The molecule has 16 heavy (non-hydrogen) atoms. The smallest absolute Gasteiger partial charge is 0.162 e. The minimum absolute atomic E-state index is 0.0290. The molecule has 0 fully saturated rings. The van der Waals surface area contributed by atoms with Crippen LogP contribution in [0.4, 0.5) is 0 Å². The van der Waals surface area contributed by atoms with Crippen molar-refractivity contribution in [2.24, 2.45) is 5.41 Å². The molecule has 0 aliphatic heterocycles. The standard InChI is InChI=1S/C11H22O4S/c1-11(2,3)10(15-4)9(12)7-6-8-16(5,13)14/h10H,6-8H2,1-5H3. The average molecular weight is 250 g/mol. The van der Waals surface area contributed by atoms with Crippen molar-refractivity contribution in [1.82, 2.24) is 0 Å². The van der Waals surface area contributed by atoms with Gasteiger partial charge in [0.1, 0.15) is 15.9 Å². The number of rotatable bonds is 6. The molecule has 96 valence electrons. The number of carbonyl (C=O) groups excluding carboxylic acids is 1. The van der Waals surface area contributed by atoms with E-state index in [0.29, 0.717) is 6.42 Å². The first-order valence-electron chi connectivity index (χ1n) is 5.31. The fourth-order valence-corrected chi connectivity index (χ4v) is 2.28. The van der Waals surface area contributed by atoms with E-state index < -0.39 is 15.9 Å². The van der Waals surface area contributed by atoms with E-state index in [1.807, 2.05) is 20.8 Å². The molecule has 0 spiro atoms. The highest BCUT2D eigenvalue weighted by Gasteiger charge is 2.30. The molecule has 0 saturated heterocycles. The lowest BCUT2D eigenvalue weighted by Gasteiger charge is -2.27. The summed E-state index contributed by atoms with van der Waals surface area (Å²) in [7, 11) is -1.48. The number of sulfone groups is 1. The zero-order valence-electron chi connectivity index (χ0n) is 10.7. The van der Waals surface area contributed by atoms with Gasteiger partial charge in [-0.15, -0.1) is 0 Å². The molecular weight excluding hydrogens is 228 g/mol. The summed E-state index contributed by atoms with van der Waals surface area (Å²) in [5.74, 6) is 0.0259. The maximum atomic E-state index is 11.8. The van der Waals surface area contributed by atoms with E-state index in [1.165, 1.54) is 13.4 Å². The van der Waals surface area contributed by atoms with Crippen LogP contribution in [-0.2, 0) is 19.4 Å². The molecule has 0 aromatic rings. The molecule has 0 rings (SSSR count). The minimum Gasteiger partial charge on any atom is -0.373 e. The lowest BCUT2D eigenvalue weighted by molar-refractivity contribution is -0.134. The number of carbonyl (C=O) groups is 1. The molecular formula is C11H22O4S. The van der Waals surface area contributed by atoms with Gasteiger partial charge in [0, 0.05) is 19.8 Å². The summed E-state index contributed by atoms with van der Waals surface area (Å²) in [6.45, 7) is 5.78. The summed E-state index contributed by atoms with van der Waals surface area (Å²) in [5.41, 5.74) is -0.253. The Balaban J connectivity index is 4.25. The summed E-state index contributed by atoms with van der Waals surface area (Å²) in [4.78, 5) is 11.8. The molecule has 0 amide bonds. The lowest BCUT2D eigenvalue weighted by Crippen LogP contribution is -2.36. The molecule has 0 heterocycles. The van der Waals surface area contributed by atoms with E-state index in [4.69, 9.17) is 4.74 Å². The first-order valence-corrected chi connectivity index (χ1v) is 7.37. The summed E-state index contributed by atoms with van der Waals surface area (Å²) < 4.78 is 27.0. The Morgan fingerprint density at radius 1 is 1.31 bits per heavy atom. The predicted molar refractivity (Wildman–Crippen MR) is 64.2 cm³/mol.